The maximum Gasteiger partial charge on any atom is 0.410 e. The van der Waals surface area contributed by atoms with Crippen LogP contribution in [0.3, 0.4) is 0 Å². The van der Waals surface area contributed by atoms with E-state index in [4.69, 9.17) is 18.9 Å². The number of methoxy groups -OCH3 is 1. The molecule has 2 aromatic rings. The van der Waals surface area contributed by atoms with Gasteiger partial charge in [-0.2, -0.15) is 0 Å². The number of carbonyl (C=O) groups excluding carboxylic acids is 1. The molecule has 0 unspecified atom stereocenters. The van der Waals surface area contributed by atoms with Crippen molar-refractivity contribution in [3.63, 3.8) is 0 Å². The number of benzene rings is 2. The number of hydrogen-bond donors (Lipinski definition) is 0. The fourth-order valence-electron chi connectivity index (χ4n) is 4.74. The van der Waals surface area contributed by atoms with Crippen LogP contribution in [-0.4, -0.2) is 49.5 Å². The third kappa shape index (κ3) is 6.74. The minimum absolute atomic E-state index is 0.0670. The summed E-state index contributed by atoms with van der Waals surface area (Å²) in [4.78, 5) is 14.3. The lowest BCUT2D eigenvalue weighted by molar-refractivity contribution is -0.0617. The summed E-state index contributed by atoms with van der Waals surface area (Å²) in [6.45, 7) is 4.28. The summed E-state index contributed by atoms with van der Waals surface area (Å²) in [6.07, 6.45) is 9.56. The SMILES string of the molecule is COc1ccc(COC/C=C/C=C/C[C@H]2C[C@H](OCc3ccccc3)[C@H](C)[C@H]3COC(=O)N23)cc1. The number of nitrogens with zero attached hydrogens (tertiary/aromatic N) is 1. The molecule has 0 N–H and O–H groups in total. The van der Waals surface area contributed by atoms with E-state index in [2.05, 4.69) is 25.1 Å². The first-order chi connectivity index (χ1) is 17.2. The fraction of sp³-hybridized carbons (Fsp3) is 0.414. The van der Waals surface area contributed by atoms with E-state index in [0.717, 1.165) is 29.7 Å². The van der Waals surface area contributed by atoms with Crippen LogP contribution in [0, 0.1) is 5.92 Å². The number of carbonyl (C=O) groups is 1. The van der Waals surface area contributed by atoms with Crippen LogP contribution in [0.25, 0.3) is 0 Å². The van der Waals surface area contributed by atoms with Gasteiger partial charge in [-0.05, 0) is 36.1 Å². The Morgan fingerprint density at radius 1 is 1.00 bits per heavy atom. The number of ether oxygens (including phenoxy) is 4. The Kier molecular flexibility index (Phi) is 8.98. The zero-order chi connectivity index (χ0) is 24.5. The molecule has 2 fully saturated rings. The van der Waals surface area contributed by atoms with Gasteiger partial charge in [-0.25, -0.2) is 4.79 Å². The Morgan fingerprint density at radius 3 is 2.51 bits per heavy atom. The first-order valence-electron chi connectivity index (χ1n) is 12.3. The molecular formula is C29H35NO5. The van der Waals surface area contributed by atoms with E-state index in [1.165, 1.54) is 0 Å². The van der Waals surface area contributed by atoms with Gasteiger partial charge < -0.3 is 18.9 Å². The van der Waals surface area contributed by atoms with Gasteiger partial charge in [-0.1, -0.05) is 73.7 Å². The average molecular weight is 478 g/mol. The molecule has 2 aliphatic heterocycles. The van der Waals surface area contributed by atoms with E-state index in [9.17, 15) is 4.79 Å². The summed E-state index contributed by atoms with van der Waals surface area (Å²) in [5.74, 6) is 1.07. The second-order valence-corrected chi connectivity index (χ2v) is 9.09. The molecule has 4 atom stereocenters. The van der Waals surface area contributed by atoms with Gasteiger partial charge in [-0.15, -0.1) is 0 Å². The molecule has 2 aromatic carbocycles. The number of allylic oxidation sites excluding steroid dienone is 2. The Labute approximate surface area is 208 Å². The van der Waals surface area contributed by atoms with Gasteiger partial charge in [0.1, 0.15) is 12.4 Å². The number of rotatable bonds is 11. The van der Waals surface area contributed by atoms with E-state index in [1.54, 1.807) is 7.11 Å². The number of cyclic esters (lactones) is 1. The van der Waals surface area contributed by atoms with Gasteiger partial charge in [0.25, 0.3) is 0 Å². The number of piperidine rings is 1. The van der Waals surface area contributed by atoms with Crippen LogP contribution in [0.1, 0.15) is 30.9 Å². The highest BCUT2D eigenvalue weighted by molar-refractivity contribution is 5.71. The minimum atomic E-state index is -0.204. The van der Waals surface area contributed by atoms with Crippen LogP contribution in [0.5, 0.6) is 5.75 Å². The molecule has 186 valence electrons. The standard InChI is InChI=1S/C29H35NO5/c1-22-27-21-35-29(31)30(27)25(18-28(22)34-20-23-10-6-5-7-11-23)12-8-3-4-9-17-33-19-24-13-15-26(32-2)16-14-24/h3-11,13-16,22,25,27-28H,12,17-21H2,1-2H3/b8-3+,9-4+/t22-,25+,27-,28+/m1/s1. The summed E-state index contributed by atoms with van der Waals surface area (Å²) in [5.41, 5.74) is 2.27. The number of hydrogen-bond acceptors (Lipinski definition) is 5. The lowest BCUT2D eigenvalue weighted by atomic mass is 9.84. The Balaban J connectivity index is 1.24. The Bertz CT molecular complexity index is 988. The van der Waals surface area contributed by atoms with Crippen molar-refractivity contribution in [2.75, 3.05) is 20.3 Å². The smallest absolute Gasteiger partial charge is 0.410 e. The van der Waals surface area contributed by atoms with Crippen molar-refractivity contribution in [1.29, 1.82) is 0 Å². The van der Waals surface area contributed by atoms with E-state index in [0.29, 0.717) is 26.4 Å². The highest BCUT2D eigenvalue weighted by Crippen LogP contribution is 2.36. The molecule has 0 spiro atoms. The molecule has 0 aliphatic carbocycles. The molecular weight excluding hydrogens is 442 g/mol. The van der Waals surface area contributed by atoms with Gasteiger partial charge in [0, 0.05) is 12.0 Å². The van der Waals surface area contributed by atoms with Crippen LogP contribution >= 0.6 is 0 Å². The van der Waals surface area contributed by atoms with Crippen LogP contribution < -0.4 is 4.74 Å². The molecule has 6 heteroatoms. The average Bonchev–Trinajstić information content (AvgIpc) is 3.29. The van der Waals surface area contributed by atoms with Crippen molar-refractivity contribution in [1.82, 2.24) is 4.90 Å². The third-order valence-corrected chi connectivity index (χ3v) is 6.78. The van der Waals surface area contributed by atoms with Crippen LogP contribution in [-0.2, 0) is 27.4 Å². The monoisotopic (exact) mass is 477 g/mol. The third-order valence-electron chi connectivity index (χ3n) is 6.78. The largest absolute Gasteiger partial charge is 0.497 e. The van der Waals surface area contributed by atoms with Crippen LogP contribution in [0.4, 0.5) is 4.79 Å². The van der Waals surface area contributed by atoms with E-state index in [1.807, 2.05) is 65.6 Å². The summed E-state index contributed by atoms with van der Waals surface area (Å²) in [6, 6.07) is 18.2. The fourth-order valence-corrected chi connectivity index (χ4v) is 4.74. The van der Waals surface area contributed by atoms with Gasteiger partial charge in [0.05, 0.1) is 39.1 Å². The molecule has 0 aromatic heterocycles. The van der Waals surface area contributed by atoms with Crippen molar-refractivity contribution in [2.24, 2.45) is 5.92 Å². The van der Waals surface area contributed by atoms with Crippen molar-refractivity contribution in [3.05, 3.63) is 90.0 Å². The van der Waals surface area contributed by atoms with Crippen LogP contribution in [0.15, 0.2) is 78.9 Å². The number of fused-ring (bicyclic) bond motifs is 1. The van der Waals surface area contributed by atoms with E-state index >= 15 is 0 Å². The van der Waals surface area contributed by atoms with Gasteiger partial charge in [-0.3, -0.25) is 4.90 Å². The molecule has 0 bridgehead atoms. The van der Waals surface area contributed by atoms with Gasteiger partial charge in [0.2, 0.25) is 0 Å². The molecule has 0 saturated carbocycles. The Morgan fingerprint density at radius 2 is 1.74 bits per heavy atom. The van der Waals surface area contributed by atoms with Crippen molar-refractivity contribution in [3.8, 4) is 5.75 Å². The van der Waals surface area contributed by atoms with Crippen molar-refractivity contribution < 1.29 is 23.7 Å². The van der Waals surface area contributed by atoms with Gasteiger partial charge in [0.15, 0.2) is 0 Å². The molecule has 35 heavy (non-hydrogen) atoms. The lowest BCUT2D eigenvalue weighted by Crippen LogP contribution is -2.54. The normalized spacial score (nSPS) is 24.2. The Hall–Kier alpha value is -3.09. The summed E-state index contributed by atoms with van der Waals surface area (Å²) >= 11 is 0. The predicted octanol–water partition coefficient (Wildman–Crippen LogP) is 5.53. The summed E-state index contributed by atoms with van der Waals surface area (Å²) < 4.78 is 22.6. The van der Waals surface area contributed by atoms with Crippen molar-refractivity contribution in [2.45, 2.75) is 51.2 Å². The molecule has 2 heterocycles. The second-order valence-electron chi connectivity index (χ2n) is 9.09. The highest BCUT2D eigenvalue weighted by atomic mass is 16.6. The zero-order valence-corrected chi connectivity index (χ0v) is 20.5. The maximum absolute atomic E-state index is 12.4. The topological polar surface area (TPSA) is 57.2 Å². The number of amides is 1. The predicted molar refractivity (Wildman–Crippen MR) is 135 cm³/mol. The zero-order valence-electron chi connectivity index (χ0n) is 20.5. The quantitative estimate of drug-likeness (QED) is 0.315. The molecule has 4 rings (SSSR count). The first-order valence-corrected chi connectivity index (χ1v) is 12.3. The molecule has 6 nitrogen and oxygen atoms in total. The first kappa shape index (κ1) is 25.0. The minimum Gasteiger partial charge on any atom is -0.497 e. The lowest BCUT2D eigenvalue weighted by Gasteiger charge is -2.43. The second kappa shape index (κ2) is 12.6. The summed E-state index contributed by atoms with van der Waals surface area (Å²) in [5, 5.41) is 0. The summed E-state index contributed by atoms with van der Waals surface area (Å²) in [7, 11) is 1.66. The van der Waals surface area contributed by atoms with E-state index < -0.39 is 0 Å². The van der Waals surface area contributed by atoms with Crippen molar-refractivity contribution >= 4 is 6.09 Å². The molecule has 1 amide bonds. The highest BCUT2D eigenvalue weighted by Gasteiger charge is 2.48. The molecule has 2 aliphatic rings. The molecule has 0 radical (unpaired) electrons. The van der Waals surface area contributed by atoms with E-state index in [-0.39, 0.29) is 30.2 Å². The van der Waals surface area contributed by atoms with Gasteiger partial charge >= 0.3 is 6.09 Å². The van der Waals surface area contributed by atoms with Crippen LogP contribution in [0.2, 0.25) is 0 Å². The molecule has 2 saturated heterocycles. The maximum atomic E-state index is 12.4.